The van der Waals surface area contributed by atoms with E-state index >= 15 is 0 Å². The standard InChI is InChI=1S/C3HB2NS/c4-2-1-7-3(5)6-2/h1H. The molecule has 0 unspecified atom stereocenters. The van der Waals surface area contributed by atoms with Crippen LogP contribution in [0.1, 0.15) is 0 Å². The van der Waals surface area contributed by atoms with Gasteiger partial charge in [0.05, 0.1) is 0 Å². The van der Waals surface area contributed by atoms with Gasteiger partial charge in [-0.2, -0.15) is 0 Å². The number of rotatable bonds is 0. The molecule has 0 saturated heterocycles. The highest BCUT2D eigenvalue weighted by Gasteiger charge is 1.85. The maximum atomic E-state index is 5.21. The summed E-state index contributed by atoms with van der Waals surface area (Å²) >= 11 is 1.35. The molecule has 0 aliphatic heterocycles. The Bertz CT molecular complexity index is 145. The molecule has 0 spiro atoms. The Kier molecular flexibility index (Phi) is 1.19. The first-order valence-corrected chi connectivity index (χ1v) is 2.63. The first kappa shape index (κ1) is 4.91. The van der Waals surface area contributed by atoms with Crippen LogP contribution in [0.5, 0.6) is 0 Å². The molecule has 0 aliphatic rings. The molecule has 1 rings (SSSR count). The van der Waals surface area contributed by atoms with Gasteiger partial charge in [0.2, 0.25) is 0 Å². The van der Waals surface area contributed by atoms with E-state index in [4.69, 9.17) is 15.7 Å². The largest absolute Gasteiger partial charge is 0.270 e. The van der Waals surface area contributed by atoms with Crippen molar-refractivity contribution in [2.24, 2.45) is 0 Å². The van der Waals surface area contributed by atoms with E-state index < -0.39 is 0 Å². The number of aromatic nitrogens is 1. The minimum Gasteiger partial charge on any atom is -0.270 e. The van der Waals surface area contributed by atoms with Gasteiger partial charge in [-0.15, -0.1) is 11.3 Å². The van der Waals surface area contributed by atoms with Gasteiger partial charge in [-0.1, -0.05) is 0 Å². The molecule has 0 saturated carbocycles. The summed E-state index contributed by atoms with van der Waals surface area (Å²) in [6, 6.07) is 0. The van der Waals surface area contributed by atoms with Crippen LogP contribution in [0, 0.1) is 0 Å². The maximum absolute atomic E-state index is 5.21. The fourth-order valence-electron chi connectivity index (χ4n) is 0.301. The van der Waals surface area contributed by atoms with Crippen LogP contribution in [0.25, 0.3) is 0 Å². The topological polar surface area (TPSA) is 12.9 Å². The molecular weight excluding hydrogens is 104 g/mol. The molecule has 0 aliphatic carbocycles. The Balaban J connectivity index is 3.04. The van der Waals surface area contributed by atoms with Crippen molar-refractivity contribution in [3.63, 3.8) is 0 Å². The fourth-order valence-corrected chi connectivity index (χ4v) is 0.753. The number of nitrogens with zero attached hydrogens (tertiary/aromatic N) is 1. The van der Waals surface area contributed by atoms with E-state index in [-0.39, 0.29) is 0 Å². The third-order valence-electron chi connectivity index (χ3n) is 0.540. The molecule has 0 amide bonds. The lowest BCUT2D eigenvalue weighted by Crippen LogP contribution is -2.09. The summed E-state index contributed by atoms with van der Waals surface area (Å²) in [4.78, 5) is 4.21. The van der Waals surface area contributed by atoms with Gasteiger partial charge in [-0.25, -0.2) is 0 Å². The van der Waals surface area contributed by atoms with Crippen LogP contribution in [-0.2, 0) is 0 Å². The smallest absolute Gasteiger partial charge is 0.157 e. The van der Waals surface area contributed by atoms with Gasteiger partial charge in [0, 0.05) is 10.3 Å². The van der Waals surface area contributed by atoms with E-state index in [0.717, 1.165) is 0 Å². The molecule has 1 aromatic rings. The SMILES string of the molecule is [B]c1csc([B])n1. The predicted molar refractivity (Wildman–Crippen MR) is 32.9 cm³/mol. The van der Waals surface area contributed by atoms with Gasteiger partial charge in [-0.05, 0) is 5.59 Å². The second kappa shape index (κ2) is 1.70. The van der Waals surface area contributed by atoms with Gasteiger partial charge in [0.25, 0.3) is 0 Å². The van der Waals surface area contributed by atoms with E-state index in [2.05, 4.69) is 4.98 Å². The summed E-state index contributed by atoms with van der Waals surface area (Å²) in [5.74, 6) is 0. The quantitative estimate of drug-likeness (QED) is 0.375. The van der Waals surface area contributed by atoms with Crippen LogP contribution in [0.15, 0.2) is 5.38 Å². The zero-order chi connectivity index (χ0) is 5.28. The van der Waals surface area contributed by atoms with E-state index in [1.54, 1.807) is 5.38 Å². The highest BCUT2D eigenvalue weighted by atomic mass is 32.1. The van der Waals surface area contributed by atoms with Gasteiger partial charge in [-0.3, -0.25) is 4.98 Å². The summed E-state index contributed by atoms with van der Waals surface area (Å²) in [5, 5.41) is 1.70. The van der Waals surface area contributed by atoms with E-state index in [9.17, 15) is 0 Å². The minimum absolute atomic E-state index is 0.502. The molecule has 7 heavy (non-hydrogen) atoms. The fraction of sp³-hybridized carbons (Fsp3) is 0. The molecule has 30 valence electrons. The van der Waals surface area contributed by atoms with Crippen molar-refractivity contribution in [1.29, 1.82) is 0 Å². The number of thiazole rings is 1. The van der Waals surface area contributed by atoms with Gasteiger partial charge < -0.3 is 0 Å². The van der Waals surface area contributed by atoms with Crippen molar-refractivity contribution in [1.82, 2.24) is 4.98 Å². The Morgan fingerprint density at radius 2 is 2.29 bits per heavy atom. The van der Waals surface area contributed by atoms with Crippen LogP contribution in [0.4, 0.5) is 0 Å². The van der Waals surface area contributed by atoms with Crippen LogP contribution >= 0.6 is 11.3 Å². The Morgan fingerprint density at radius 1 is 1.57 bits per heavy atom. The zero-order valence-corrected chi connectivity index (χ0v) is 4.40. The molecule has 4 heteroatoms. The Morgan fingerprint density at radius 3 is 2.43 bits per heavy atom. The average Bonchev–Trinajstić information content (AvgIpc) is 1.87. The highest BCUT2D eigenvalue weighted by molar-refractivity contribution is 7.18. The molecule has 1 heterocycles. The summed E-state index contributed by atoms with van der Waals surface area (Å²) in [6.45, 7) is 0. The van der Waals surface area contributed by atoms with Crippen LogP contribution < -0.4 is 10.5 Å². The Labute approximate surface area is 48.6 Å². The van der Waals surface area contributed by atoms with Crippen molar-refractivity contribution < 1.29 is 0 Å². The monoisotopic (exact) mass is 105 g/mol. The van der Waals surface area contributed by atoms with Crippen molar-refractivity contribution >= 4 is 37.5 Å². The van der Waals surface area contributed by atoms with Gasteiger partial charge in [0.1, 0.15) is 7.85 Å². The molecule has 0 fully saturated rings. The highest BCUT2D eigenvalue weighted by Crippen LogP contribution is 1.78. The van der Waals surface area contributed by atoms with Crippen molar-refractivity contribution in [2.45, 2.75) is 0 Å². The third kappa shape index (κ3) is 1.06. The van der Waals surface area contributed by atoms with Crippen molar-refractivity contribution in [2.75, 3.05) is 0 Å². The van der Waals surface area contributed by atoms with E-state index in [1.165, 1.54) is 11.3 Å². The number of hydrogen-bond acceptors (Lipinski definition) is 2. The average molecular weight is 105 g/mol. The lowest BCUT2D eigenvalue weighted by Gasteiger charge is -1.71. The minimum atomic E-state index is 0.502. The summed E-state index contributed by atoms with van der Waals surface area (Å²) in [7, 11) is 10.4. The summed E-state index contributed by atoms with van der Waals surface area (Å²) in [6.07, 6.45) is 0. The van der Waals surface area contributed by atoms with Crippen LogP contribution in [0.2, 0.25) is 0 Å². The van der Waals surface area contributed by atoms with Gasteiger partial charge >= 0.3 is 0 Å². The lowest BCUT2D eigenvalue weighted by atomic mass is 10.1. The molecule has 1 nitrogen and oxygen atoms in total. The third-order valence-corrected chi connectivity index (χ3v) is 1.23. The van der Waals surface area contributed by atoms with Crippen LogP contribution in [-0.4, -0.2) is 20.7 Å². The van der Waals surface area contributed by atoms with Crippen molar-refractivity contribution in [3.05, 3.63) is 5.38 Å². The molecule has 0 N–H and O–H groups in total. The maximum Gasteiger partial charge on any atom is 0.157 e. The lowest BCUT2D eigenvalue weighted by molar-refractivity contribution is 1.55. The molecule has 4 radical (unpaired) electrons. The van der Waals surface area contributed by atoms with Crippen LogP contribution in [0.3, 0.4) is 0 Å². The predicted octanol–water partition coefficient (Wildman–Crippen LogP) is -1.27. The van der Waals surface area contributed by atoms with E-state index in [0.29, 0.717) is 10.5 Å². The van der Waals surface area contributed by atoms with Crippen molar-refractivity contribution in [3.8, 4) is 0 Å². The molecule has 0 aromatic carbocycles. The molecule has 1 aromatic heterocycles. The zero-order valence-electron chi connectivity index (χ0n) is 3.59. The first-order valence-electron chi connectivity index (χ1n) is 1.75. The summed E-state index contributed by atoms with van der Waals surface area (Å²) < 4.78 is 0. The summed E-state index contributed by atoms with van der Waals surface area (Å²) in [5.41, 5.74) is 0.502. The second-order valence-corrected chi connectivity index (χ2v) is 2.00. The Hall–Kier alpha value is -0.240. The first-order chi connectivity index (χ1) is 3.29. The molecule has 0 bridgehead atoms. The van der Waals surface area contributed by atoms with Gasteiger partial charge in [0.15, 0.2) is 7.85 Å². The second-order valence-electron chi connectivity index (χ2n) is 1.11. The van der Waals surface area contributed by atoms with E-state index in [1.807, 2.05) is 0 Å². The molecular formula is C3HB2NS. The number of hydrogen-bond donors (Lipinski definition) is 0. The molecule has 0 atom stereocenters. The normalized spacial score (nSPS) is 9.14.